The van der Waals surface area contributed by atoms with E-state index in [9.17, 15) is 4.79 Å². The molecule has 7 heteroatoms. The van der Waals surface area contributed by atoms with Crippen LogP contribution in [0.2, 0.25) is 0 Å². The lowest BCUT2D eigenvalue weighted by molar-refractivity contribution is -0.137. The van der Waals surface area contributed by atoms with Crippen molar-refractivity contribution in [1.29, 1.82) is 0 Å². The second kappa shape index (κ2) is 11.3. The molecule has 0 aromatic rings. The van der Waals surface area contributed by atoms with E-state index in [2.05, 4.69) is 20.1 Å². The van der Waals surface area contributed by atoms with Crippen molar-refractivity contribution in [2.24, 2.45) is 16.6 Å². The molecular weight excluding hydrogens is 318 g/mol. The summed E-state index contributed by atoms with van der Waals surface area (Å²) in [5, 5.41) is 3.16. The van der Waals surface area contributed by atoms with Crippen LogP contribution in [0.1, 0.15) is 39.0 Å². The molecule has 1 saturated heterocycles. The number of hydrogen-bond donors (Lipinski definition) is 2. The average Bonchev–Trinajstić information content (AvgIpc) is 3.16. The van der Waals surface area contributed by atoms with Crippen LogP contribution in [0.5, 0.6) is 0 Å². The Balaban J connectivity index is 1.54. The maximum Gasteiger partial charge on any atom is 0.225 e. The van der Waals surface area contributed by atoms with Crippen molar-refractivity contribution in [1.82, 2.24) is 15.1 Å². The van der Waals surface area contributed by atoms with E-state index < -0.39 is 0 Å². The lowest BCUT2D eigenvalue weighted by Crippen LogP contribution is -2.51. The zero-order valence-electron chi connectivity index (χ0n) is 15.7. The highest BCUT2D eigenvalue weighted by Gasteiger charge is 2.29. The summed E-state index contributed by atoms with van der Waals surface area (Å²) in [5.41, 5.74) is 5.86. The van der Waals surface area contributed by atoms with E-state index in [4.69, 9.17) is 10.5 Å². The number of carbonyl (C=O) groups excluding carboxylic acids is 1. The third kappa shape index (κ3) is 7.20. The van der Waals surface area contributed by atoms with Gasteiger partial charge in [0, 0.05) is 64.9 Å². The SMILES string of the molecule is CCOCCCN=C(N)NCCN1CCN(C(=O)C2CCCC2)CC1. The number of nitrogens with zero attached hydrogens (tertiary/aromatic N) is 3. The highest BCUT2D eigenvalue weighted by atomic mass is 16.5. The van der Waals surface area contributed by atoms with Gasteiger partial charge in [-0.25, -0.2) is 0 Å². The fourth-order valence-electron chi connectivity index (χ4n) is 3.53. The third-order valence-electron chi connectivity index (χ3n) is 5.06. The molecule has 2 fully saturated rings. The van der Waals surface area contributed by atoms with Crippen molar-refractivity contribution in [3.8, 4) is 0 Å². The summed E-state index contributed by atoms with van der Waals surface area (Å²) in [6.45, 7) is 9.50. The molecule has 2 rings (SSSR count). The fourth-order valence-corrected chi connectivity index (χ4v) is 3.53. The Labute approximate surface area is 152 Å². The van der Waals surface area contributed by atoms with Gasteiger partial charge in [-0.15, -0.1) is 0 Å². The number of rotatable bonds is 9. The van der Waals surface area contributed by atoms with Crippen LogP contribution < -0.4 is 11.1 Å². The summed E-state index contributed by atoms with van der Waals surface area (Å²) in [6, 6.07) is 0. The Kier molecular flexibility index (Phi) is 9.04. The molecule has 1 aliphatic heterocycles. The summed E-state index contributed by atoms with van der Waals surface area (Å²) in [5.74, 6) is 1.19. The minimum atomic E-state index is 0.298. The number of piperazine rings is 1. The number of hydrogen-bond acceptors (Lipinski definition) is 4. The Hall–Kier alpha value is -1.34. The molecule has 1 heterocycles. The standard InChI is InChI=1S/C18H35N5O2/c1-2-25-15-5-8-20-18(19)21-9-10-22-11-13-23(14-12-22)17(24)16-6-3-4-7-16/h16H,2-15H2,1H3,(H3,19,20,21). The first kappa shape index (κ1) is 20.0. The largest absolute Gasteiger partial charge is 0.382 e. The van der Waals surface area contributed by atoms with E-state index in [0.29, 0.717) is 24.3 Å². The zero-order valence-corrected chi connectivity index (χ0v) is 15.7. The summed E-state index contributed by atoms with van der Waals surface area (Å²) in [7, 11) is 0. The van der Waals surface area contributed by atoms with E-state index in [1.807, 2.05) is 6.92 Å². The molecule has 0 aromatic heterocycles. The number of aliphatic imine (C=N–C) groups is 1. The van der Waals surface area contributed by atoms with Crippen LogP contribution in [0.15, 0.2) is 4.99 Å². The molecule has 0 atom stereocenters. The minimum Gasteiger partial charge on any atom is -0.382 e. The predicted molar refractivity (Wildman–Crippen MR) is 101 cm³/mol. The first-order valence-electron chi connectivity index (χ1n) is 9.83. The van der Waals surface area contributed by atoms with E-state index in [0.717, 1.165) is 71.7 Å². The number of guanidine groups is 1. The van der Waals surface area contributed by atoms with Gasteiger partial charge in [0.1, 0.15) is 0 Å². The van der Waals surface area contributed by atoms with Crippen molar-refractivity contribution in [3.63, 3.8) is 0 Å². The van der Waals surface area contributed by atoms with Crippen molar-refractivity contribution < 1.29 is 9.53 Å². The van der Waals surface area contributed by atoms with Gasteiger partial charge in [0.25, 0.3) is 0 Å². The quantitative estimate of drug-likeness (QED) is 0.361. The molecule has 3 N–H and O–H groups in total. The molecule has 1 saturated carbocycles. The number of carbonyl (C=O) groups is 1. The molecule has 0 aromatic carbocycles. The van der Waals surface area contributed by atoms with E-state index >= 15 is 0 Å². The lowest BCUT2D eigenvalue weighted by atomic mass is 10.1. The summed E-state index contributed by atoms with van der Waals surface area (Å²) in [6.07, 6.45) is 5.51. The number of amides is 1. The van der Waals surface area contributed by atoms with Gasteiger partial charge >= 0.3 is 0 Å². The van der Waals surface area contributed by atoms with Crippen LogP contribution in [0.25, 0.3) is 0 Å². The zero-order chi connectivity index (χ0) is 17.9. The lowest BCUT2D eigenvalue weighted by Gasteiger charge is -2.36. The van der Waals surface area contributed by atoms with E-state index in [1.165, 1.54) is 12.8 Å². The van der Waals surface area contributed by atoms with Crippen LogP contribution >= 0.6 is 0 Å². The minimum absolute atomic E-state index is 0.298. The fraction of sp³-hybridized carbons (Fsp3) is 0.889. The van der Waals surface area contributed by atoms with Gasteiger partial charge in [-0.05, 0) is 26.2 Å². The highest BCUT2D eigenvalue weighted by molar-refractivity contribution is 5.79. The molecule has 1 amide bonds. The van der Waals surface area contributed by atoms with Crippen LogP contribution in [0.4, 0.5) is 0 Å². The van der Waals surface area contributed by atoms with Gasteiger partial charge in [0.05, 0.1) is 0 Å². The Morgan fingerprint density at radius 3 is 2.64 bits per heavy atom. The molecule has 2 aliphatic rings. The molecule has 1 aliphatic carbocycles. The van der Waals surface area contributed by atoms with Gasteiger partial charge in [0.15, 0.2) is 5.96 Å². The van der Waals surface area contributed by atoms with E-state index in [-0.39, 0.29) is 0 Å². The van der Waals surface area contributed by atoms with Crippen LogP contribution in [-0.4, -0.2) is 80.7 Å². The maximum atomic E-state index is 12.4. The van der Waals surface area contributed by atoms with Crippen molar-refractivity contribution in [2.45, 2.75) is 39.0 Å². The number of nitrogens with one attached hydrogen (secondary N) is 1. The average molecular weight is 354 g/mol. The highest BCUT2D eigenvalue weighted by Crippen LogP contribution is 2.26. The van der Waals surface area contributed by atoms with Gasteiger partial charge in [0.2, 0.25) is 5.91 Å². The molecule has 0 radical (unpaired) electrons. The van der Waals surface area contributed by atoms with Crippen molar-refractivity contribution in [2.75, 3.05) is 59.0 Å². The van der Waals surface area contributed by atoms with Crippen molar-refractivity contribution >= 4 is 11.9 Å². The Morgan fingerprint density at radius 1 is 1.24 bits per heavy atom. The van der Waals surface area contributed by atoms with Crippen LogP contribution in [0.3, 0.4) is 0 Å². The number of ether oxygens (including phenoxy) is 1. The third-order valence-corrected chi connectivity index (χ3v) is 5.06. The number of nitrogens with two attached hydrogens (primary N) is 1. The summed E-state index contributed by atoms with van der Waals surface area (Å²) in [4.78, 5) is 21.2. The van der Waals surface area contributed by atoms with Gasteiger partial charge in [-0.2, -0.15) is 0 Å². The van der Waals surface area contributed by atoms with Gasteiger partial charge < -0.3 is 20.7 Å². The molecule has 0 unspecified atom stereocenters. The summed E-state index contributed by atoms with van der Waals surface area (Å²) >= 11 is 0. The molecule has 0 spiro atoms. The second-order valence-electron chi connectivity index (χ2n) is 6.89. The topological polar surface area (TPSA) is 83.2 Å². The summed E-state index contributed by atoms with van der Waals surface area (Å²) < 4.78 is 5.27. The molecule has 7 nitrogen and oxygen atoms in total. The van der Waals surface area contributed by atoms with Crippen LogP contribution in [-0.2, 0) is 9.53 Å². The molecular formula is C18H35N5O2. The van der Waals surface area contributed by atoms with Crippen LogP contribution in [0, 0.1) is 5.92 Å². The van der Waals surface area contributed by atoms with Crippen molar-refractivity contribution in [3.05, 3.63) is 0 Å². The Bertz CT molecular complexity index is 416. The molecule has 144 valence electrons. The normalized spacial score (nSPS) is 20.2. The van der Waals surface area contributed by atoms with Gasteiger partial charge in [-0.3, -0.25) is 14.7 Å². The predicted octanol–water partition coefficient (Wildman–Crippen LogP) is 0.652. The molecule has 0 bridgehead atoms. The maximum absolute atomic E-state index is 12.4. The first-order valence-corrected chi connectivity index (χ1v) is 9.83. The monoisotopic (exact) mass is 353 g/mol. The molecule has 25 heavy (non-hydrogen) atoms. The van der Waals surface area contributed by atoms with E-state index in [1.54, 1.807) is 0 Å². The first-order chi connectivity index (χ1) is 12.2. The smallest absolute Gasteiger partial charge is 0.225 e. The Morgan fingerprint density at radius 2 is 1.96 bits per heavy atom. The second-order valence-corrected chi connectivity index (χ2v) is 6.89. The van der Waals surface area contributed by atoms with Gasteiger partial charge in [-0.1, -0.05) is 12.8 Å².